The number of methoxy groups -OCH3 is 2. The molecule has 0 unspecified atom stereocenters. The molecule has 4 N–H and O–H groups in total. The SMILES string of the molecule is COc1ccc(CCN2C(=O)[C@@H]3[C@@H](Cc4ccc(O)c(O)c4)N[C@@]4(C(=O)Nc5c(Cl)cc(C)cc54)[C@H]3C2=O)cc1OC. The van der Waals surface area contributed by atoms with Gasteiger partial charge in [0.2, 0.25) is 17.7 Å². The van der Waals surface area contributed by atoms with Crippen LogP contribution < -0.4 is 20.1 Å². The Labute approximate surface area is 247 Å². The number of anilines is 1. The molecule has 0 aromatic heterocycles. The summed E-state index contributed by atoms with van der Waals surface area (Å²) in [6.07, 6.45) is 0.601. The van der Waals surface area contributed by atoms with Crippen LogP contribution in [0, 0.1) is 18.8 Å². The summed E-state index contributed by atoms with van der Waals surface area (Å²) >= 11 is 6.53. The third kappa shape index (κ3) is 4.16. The van der Waals surface area contributed by atoms with Crippen LogP contribution in [0.4, 0.5) is 5.69 Å². The summed E-state index contributed by atoms with van der Waals surface area (Å²) in [5.74, 6) is -2.57. The lowest BCUT2D eigenvalue weighted by molar-refractivity contribution is -0.142. The zero-order chi connectivity index (χ0) is 29.9. The fraction of sp³-hybridized carbons (Fsp3) is 0.323. The summed E-state index contributed by atoms with van der Waals surface area (Å²) in [6, 6.07) is 12.8. The predicted molar refractivity (Wildman–Crippen MR) is 154 cm³/mol. The minimum absolute atomic E-state index is 0.117. The van der Waals surface area contributed by atoms with Gasteiger partial charge in [0, 0.05) is 18.2 Å². The van der Waals surface area contributed by atoms with Crippen molar-refractivity contribution in [3.63, 3.8) is 0 Å². The lowest BCUT2D eigenvalue weighted by Gasteiger charge is -2.30. The number of nitrogens with zero attached hydrogens (tertiary/aromatic N) is 1. The number of halogens is 1. The van der Waals surface area contributed by atoms with Gasteiger partial charge < -0.3 is 25.0 Å². The zero-order valence-corrected chi connectivity index (χ0v) is 24.0. The molecule has 3 aliphatic rings. The average molecular weight is 592 g/mol. The summed E-state index contributed by atoms with van der Waals surface area (Å²) < 4.78 is 10.7. The molecule has 1 spiro atoms. The first-order valence-electron chi connectivity index (χ1n) is 13.6. The van der Waals surface area contributed by atoms with Crippen molar-refractivity contribution in [2.75, 3.05) is 26.1 Å². The number of hydrogen-bond donors (Lipinski definition) is 4. The number of amides is 3. The van der Waals surface area contributed by atoms with Crippen LogP contribution >= 0.6 is 11.6 Å². The maximum absolute atomic E-state index is 14.2. The normalized spacial score (nSPS) is 24.2. The van der Waals surface area contributed by atoms with Crippen molar-refractivity contribution in [1.82, 2.24) is 10.2 Å². The van der Waals surface area contributed by atoms with Gasteiger partial charge in [0.1, 0.15) is 5.54 Å². The Morgan fingerprint density at radius 3 is 2.38 bits per heavy atom. The highest BCUT2D eigenvalue weighted by atomic mass is 35.5. The number of aromatic hydroxyl groups is 2. The minimum atomic E-state index is -1.51. The Morgan fingerprint density at radius 2 is 1.67 bits per heavy atom. The lowest BCUT2D eigenvalue weighted by Crippen LogP contribution is -2.53. The molecule has 6 rings (SSSR count). The molecular weight excluding hydrogens is 562 g/mol. The average Bonchev–Trinajstić information content (AvgIpc) is 3.54. The Bertz CT molecular complexity index is 1640. The number of nitrogens with one attached hydrogen (secondary N) is 2. The van der Waals surface area contributed by atoms with Gasteiger partial charge in [-0.25, -0.2) is 0 Å². The van der Waals surface area contributed by atoms with Crippen LogP contribution in [0.1, 0.15) is 22.3 Å². The molecule has 3 aromatic carbocycles. The van der Waals surface area contributed by atoms with Crippen molar-refractivity contribution >= 4 is 35.0 Å². The standard InChI is InChI=1S/C31H30ClN3O7/c1-15-10-18-27(19(32)11-15)33-30(40)31(18)26-25(20(34-31)12-17-4-6-21(36)22(37)13-17)28(38)35(29(26)39)9-8-16-5-7-23(41-2)24(14-16)42-3/h4-7,10-11,13-14,20,25-26,34,36-37H,8-9,12H2,1-3H3,(H,33,40)/t20-,25-,26-,31-/m1/s1. The molecule has 2 saturated heterocycles. The number of rotatable bonds is 7. The smallest absolute Gasteiger partial charge is 0.250 e. The number of carbonyl (C=O) groups is 3. The van der Waals surface area contributed by atoms with E-state index in [1.807, 2.05) is 19.1 Å². The maximum atomic E-state index is 14.2. The molecule has 4 atom stereocenters. The van der Waals surface area contributed by atoms with E-state index in [-0.39, 0.29) is 30.4 Å². The van der Waals surface area contributed by atoms with Crippen molar-refractivity contribution in [1.29, 1.82) is 0 Å². The van der Waals surface area contributed by atoms with Crippen LogP contribution in [0.25, 0.3) is 0 Å². The first-order valence-corrected chi connectivity index (χ1v) is 13.9. The lowest BCUT2D eigenvalue weighted by atomic mass is 9.76. The van der Waals surface area contributed by atoms with Crippen LogP contribution in [0.2, 0.25) is 5.02 Å². The Balaban J connectivity index is 1.38. The minimum Gasteiger partial charge on any atom is -0.504 e. The van der Waals surface area contributed by atoms with Gasteiger partial charge in [-0.15, -0.1) is 0 Å². The first-order chi connectivity index (χ1) is 20.1. The van der Waals surface area contributed by atoms with E-state index < -0.39 is 35.2 Å². The quantitative estimate of drug-likeness (QED) is 0.243. The number of ether oxygens (including phenoxy) is 2. The number of fused-ring (bicyclic) bond motifs is 4. The van der Waals surface area contributed by atoms with Crippen LogP contribution in [0.15, 0.2) is 48.5 Å². The number of hydrogen-bond acceptors (Lipinski definition) is 8. The van der Waals surface area contributed by atoms with Crippen molar-refractivity contribution in [2.45, 2.75) is 31.3 Å². The summed E-state index contributed by atoms with van der Waals surface area (Å²) in [5.41, 5.74) is 1.73. The molecule has 0 aliphatic carbocycles. The number of benzene rings is 3. The van der Waals surface area contributed by atoms with Crippen LogP contribution in [-0.2, 0) is 32.8 Å². The first kappa shape index (κ1) is 27.9. The highest BCUT2D eigenvalue weighted by molar-refractivity contribution is 6.35. The number of likely N-dealkylation sites (tertiary alicyclic amines) is 1. The molecule has 3 amide bonds. The topological polar surface area (TPSA) is 137 Å². The molecule has 0 saturated carbocycles. The van der Waals surface area contributed by atoms with E-state index in [0.717, 1.165) is 11.1 Å². The van der Waals surface area contributed by atoms with Gasteiger partial charge in [-0.1, -0.05) is 29.8 Å². The van der Waals surface area contributed by atoms with Gasteiger partial charge >= 0.3 is 0 Å². The summed E-state index contributed by atoms with van der Waals surface area (Å²) in [6.45, 7) is 1.97. The van der Waals surface area contributed by atoms with Crippen molar-refractivity contribution < 1.29 is 34.1 Å². The molecule has 0 radical (unpaired) electrons. The van der Waals surface area contributed by atoms with Crippen molar-refractivity contribution in [2.24, 2.45) is 11.8 Å². The molecule has 218 valence electrons. The van der Waals surface area contributed by atoms with Crippen molar-refractivity contribution in [3.05, 3.63) is 75.8 Å². The van der Waals surface area contributed by atoms with E-state index in [1.165, 1.54) is 24.1 Å². The third-order valence-electron chi connectivity index (χ3n) is 8.58. The van der Waals surface area contributed by atoms with Crippen molar-refractivity contribution in [3.8, 4) is 23.0 Å². The number of imide groups is 1. The fourth-order valence-corrected chi connectivity index (χ4v) is 7.00. The van der Waals surface area contributed by atoms with Gasteiger partial charge in [-0.2, -0.15) is 0 Å². The molecule has 3 heterocycles. The molecule has 3 aliphatic heterocycles. The molecule has 0 bridgehead atoms. The Kier molecular flexibility index (Phi) is 6.78. The van der Waals surface area contributed by atoms with Crippen LogP contribution in [0.5, 0.6) is 23.0 Å². The monoisotopic (exact) mass is 591 g/mol. The number of carbonyl (C=O) groups excluding carboxylic acids is 3. The number of phenols is 2. The maximum Gasteiger partial charge on any atom is 0.250 e. The van der Waals surface area contributed by atoms with Gasteiger partial charge in [0.25, 0.3) is 0 Å². The van der Waals surface area contributed by atoms with E-state index in [2.05, 4.69) is 10.6 Å². The van der Waals surface area contributed by atoms with Crippen LogP contribution in [0.3, 0.4) is 0 Å². The van der Waals surface area contributed by atoms with E-state index >= 15 is 0 Å². The largest absolute Gasteiger partial charge is 0.504 e. The van der Waals surface area contributed by atoms with Gasteiger partial charge in [0.15, 0.2) is 23.0 Å². The molecule has 3 aromatic rings. The second-order valence-electron chi connectivity index (χ2n) is 11.0. The highest BCUT2D eigenvalue weighted by Gasteiger charge is 2.70. The van der Waals surface area contributed by atoms with Crippen LogP contribution in [-0.4, -0.2) is 59.6 Å². The van der Waals surface area contributed by atoms with Gasteiger partial charge in [-0.05, 0) is 66.8 Å². The van der Waals surface area contributed by atoms with E-state index in [0.29, 0.717) is 39.8 Å². The second-order valence-corrected chi connectivity index (χ2v) is 11.4. The number of phenolic OH excluding ortho intramolecular Hbond substituents is 2. The second kappa shape index (κ2) is 10.2. The molecule has 42 heavy (non-hydrogen) atoms. The third-order valence-corrected chi connectivity index (χ3v) is 8.88. The Hall–Kier alpha value is -4.28. The summed E-state index contributed by atoms with van der Waals surface area (Å²) in [5, 5.41) is 26.5. The van der Waals surface area contributed by atoms with E-state index in [9.17, 15) is 24.6 Å². The number of aryl methyl sites for hydroxylation is 1. The van der Waals surface area contributed by atoms with E-state index in [4.69, 9.17) is 21.1 Å². The molecular formula is C31H30ClN3O7. The predicted octanol–water partition coefficient (Wildman–Crippen LogP) is 3.28. The molecule has 10 nitrogen and oxygen atoms in total. The summed E-state index contributed by atoms with van der Waals surface area (Å²) in [4.78, 5) is 43.3. The highest BCUT2D eigenvalue weighted by Crippen LogP contribution is 2.55. The van der Waals surface area contributed by atoms with E-state index in [1.54, 1.807) is 31.4 Å². The van der Waals surface area contributed by atoms with Gasteiger partial charge in [0.05, 0.1) is 36.8 Å². The zero-order valence-electron chi connectivity index (χ0n) is 23.2. The molecule has 11 heteroatoms. The Morgan fingerprint density at radius 1 is 0.929 bits per heavy atom. The summed E-state index contributed by atoms with van der Waals surface area (Å²) in [7, 11) is 3.08. The fourth-order valence-electron chi connectivity index (χ4n) is 6.68. The molecule has 2 fully saturated rings. The van der Waals surface area contributed by atoms with Gasteiger partial charge in [-0.3, -0.25) is 24.6 Å².